The lowest BCUT2D eigenvalue weighted by Crippen LogP contribution is -2.66. The Morgan fingerprint density at radius 1 is 1.00 bits per heavy atom. The Balaban J connectivity index is 1.73. The highest BCUT2D eigenvalue weighted by molar-refractivity contribution is 5.88. The van der Waals surface area contributed by atoms with Gasteiger partial charge in [-0.15, -0.1) is 0 Å². The summed E-state index contributed by atoms with van der Waals surface area (Å²) in [5.41, 5.74) is 7.06. The minimum absolute atomic E-state index is 0.0836. The molecule has 0 spiro atoms. The zero-order valence-electron chi connectivity index (χ0n) is 15.5. The molecule has 1 aliphatic heterocycles. The zero-order chi connectivity index (χ0) is 19.1. The van der Waals surface area contributed by atoms with E-state index < -0.39 is 11.6 Å². The van der Waals surface area contributed by atoms with E-state index in [-0.39, 0.29) is 18.9 Å². The molecule has 5 nitrogen and oxygen atoms in total. The maximum Gasteiger partial charge on any atom is 0.347 e. The summed E-state index contributed by atoms with van der Waals surface area (Å²) in [5, 5.41) is 0. The molecule has 1 amide bonds. The van der Waals surface area contributed by atoms with Crippen molar-refractivity contribution in [1.29, 1.82) is 0 Å². The van der Waals surface area contributed by atoms with Crippen molar-refractivity contribution in [2.24, 2.45) is 5.73 Å². The lowest BCUT2D eigenvalue weighted by Gasteiger charge is -2.41. The number of carbonyl (C=O) groups excluding carboxylic acids is 2. The van der Waals surface area contributed by atoms with E-state index in [9.17, 15) is 9.59 Å². The first-order valence-electron chi connectivity index (χ1n) is 9.44. The number of hydrogen-bond donors (Lipinski definition) is 1. The van der Waals surface area contributed by atoms with Crippen LogP contribution < -0.4 is 5.73 Å². The molecule has 0 bridgehead atoms. The molecule has 1 atom stereocenters. The summed E-state index contributed by atoms with van der Waals surface area (Å²) in [4.78, 5) is 26.9. The maximum atomic E-state index is 13.0. The van der Waals surface area contributed by atoms with Crippen LogP contribution >= 0.6 is 0 Å². The number of piperidine rings is 1. The second-order valence-electron chi connectivity index (χ2n) is 6.96. The summed E-state index contributed by atoms with van der Waals surface area (Å²) in [5.74, 6) is -0.628. The predicted octanol–water partition coefficient (Wildman–Crippen LogP) is 2.68. The quantitative estimate of drug-likeness (QED) is 0.765. The summed E-state index contributed by atoms with van der Waals surface area (Å²) >= 11 is 0. The van der Waals surface area contributed by atoms with E-state index >= 15 is 0 Å². The summed E-state index contributed by atoms with van der Waals surface area (Å²) in [6, 6.07) is 19.3. The largest absolute Gasteiger partial charge is 0.463 e. The van der Waals surface area contributed by atoms with Gasteiger partial charge >= 0.3 is 5.97 Å². The van der Waals surface area contributed by atoms with Gasteiger partial charge in [0.25, 0.3) is 0 Å². The van der Waals surface area contributed by atoms with E-state index in [4.69, 9.17) is 10.5 Å². The minimum Gasteiger partial charge on any atom is -0.463 e. The van der Waals surface area contributed by atoms with Crippen LogP contribution in [-0.2, 0) is 27.2 Å². The number of esters is 1. The van der Waals surface area contributed by atoms with Crippen LogP contribution in [0.1, 0.15) is 30.4 Å². The first-order valence-corrected chi connectivity index (χ1v) is 9.44. The average Bonchev–Trinajstić information content (AvgIpc) is 2.69. The molecule has 2 aromatic rings. The Morgan fingerprint density at radius 2 is 1.63 bits per heavy atom. The highest BCUT2D eigenvalue weighted by atomic mass is 16.5. The molecule has 0 unspecified atom stereocenters. The van der Waals surface area contributed by atoms with Gasteiger partial charge in [0.1, 0.15) is 0 Å². The summed E-state index contributed by atoms with van der Waals surface area (Å²) < 4.78 is 5.53. The molecule has 0 radical (unpaired) electrons. The van der Waals surface area contributed by atoms with Gasteiger partial charge in [0.05, 0.1) is 6.61 Å². The molecule has 0 aliphatic carbocycles. The van der Waals surface area contributed by atoms with Crippen molar-refractivity contribution in [2.75, 3.05) is 13.2 Å². The number of nitrogens with zero attached hydrogens (tertiary/aromatic N) is 1. The van der Waals surface area contributed by atoms with Crippen molar-refractivity contribution < 1.29 is 14.3 Å². The molecule has 1 saturated heterocycles. The first kappa shape index (κ1) is 19.1. The molecule has 2 N–H and O–H groups in total. The number of nitrogens with two attached hydrogens (primary N) is 1. The highest BCUT2D eigenvalue weighted by Gasteiger charge is 2.45. The van der Waals surface area contributed by atoms with E-state index in [2.05, 4.69) is 0 Å². The van der Waals surface area contributed by atoms with Crippen LogP contribution in [-0.4, -0.2) is 35.6 Å². The third-order valence-electron chi connectivity index (χ3n) is 4.94. The van der Waals surface area contributed by atoms with Gasteiger partial charge in [0, 0.05) is 25.8 Å². The van der Waals surface area contributed by atoms with Gasteiger partial charge in [-0.3, -0.25) is 10.5 Å². The van der Waals surface area contributed by atoms with Crippen LogP contribution in [0.4, 0.5) is 0 Å². The predicted molar refractivity (Wildman–Crippen MR) is 104 cm³/mol. The van der Waals surface area contributed by atoms with Crippen LogP contribution in [0.5, 0.6) is 0 Å². The average molecular weight is 366 g/mol. The molecule has 27 heavy (non-hydrogen) atoms. The van der Waals surface area contributed by atoms with Gasteiger partial charge < -0.3 is 9.64 Å². The molecule has 142 valence electrons. The molecule has 2 aromatic carbocycles. The van der Waals surface area contributed by atoms with Crippen LogP contribution in [0, 0.1) is 0 Å². The number of benzene rings is 2. The topological polar surface area (TPSA) is 72.6 Å². The fourth-order valence-electron chi connectivity index (χ4n) is 3.44. The van der Waals surface area contributed by atoms with Crippen LogP contribution in [0.25, 0.3) is 0 Å². The summed E-state index contributed by atoms with van der Waals surface area (Å²) in [6.45, 7) is 0.717. The van der Waals surface area contributed by atoms with Gasteiger partial charge in [-0.05, 0) is 24.0 Å². The molecule has 5 heteroatoms. The van der Waals surface area contributed by atoms with E-state index in [0.717, 1.165) is 24.0 Å². The third kappa shape index (κ3) is 4.74. The van der Waals surface area contributed by atoms with Gasteiger partial charge in [-0.2, -0.15) is 0 Å². The Kier molecular flexibility index (Phi) is 6.24. The molecule has 1 heterocycles. The van der Waals surface area contributed by atoms with Gasteiger partial charge in [-0.1, -0.05) is 60.7 Å². The van der Waals surface area contributed by atoms with E-state index in [1.54, 1.807) is 0 Å². The van der Waals surface area contributed by atoms with Gasteiger partial charge in [0.2, 0.25) is 5.91 Å². The van der Waals surface area contributed by atoms with Crippen LogP contribution in [0.15, 0.2) is 60.7 Å². The molecule has 1 fully saturated rings. The molecule has 1 aliphatic rings. The number of rotatable bonds is 7. The summed E-state index contributed by atoms with van der Waals surface area (Å²) in [7, 11) is 0. The molecule has 3 rings (SSSR count). The molecule has 0 aromatic heterocycles. The van der Waals surface area contributed by atoms with Crippen LogP contribution in [0.2, 0.25) is 0 Å². The minimum atomic E-state index is -1.48. The smallest absolute Gasteiger partial charge is 0.347 e. The molecular formula is C22H26N2O3. The lowest BCUT2D eigenvalue weighted by molar-refractivity contribution is -0.165. The first-order chi connectivity index (χ1) is 13.1. The number of likely N-dealkylation sites (tertiary alicyclic amines) is 1. The van der Waals surface area contributed by atoms with Crippen molar-refractivity contribution in [3.63, 3.8) is 0 Å². The van der Waals surface area contributed by atoms with Gasteiger partial charge in [0.15, 0.2) is 5.66 Å². The second kappa shape index (κ2) is 8.82. The van der Waals surface area contributed by atoms with Crippen molar-refractivity contribution in [3.8, 4) is 0 Å². The van der Waals surface area contributed by atoms with Crippen molar-refractivity contribution in [2.45, 2.75) is 37.8 Å². The molecule has 0 saturated carbocycles. The fourth-order valence-corrected chi connectivity index (χ4v) is 3.44. The second-order valence-corrected chi connectivity index (χ2v) is 6.96. The number of ether oxygens (including phenoxy) is 1. The van der Waals surface area contributed by atoms with Gasteiger partial charge in [-0.25, -0.2) is 4.79 Å². The number of hydrogen-bond acceptors (Lipinski definition) is 4. The lowest BCUT2D eigenvalue weighted by atomic mass is 9.95. The number of amides is 1. The Hall–Kier alpha value is -2.66. The maximum absolute atomic E-state index is 13.0. The SMILES string of the molecule is N[C@](Cc1ccccc1)(C(=O)OCCc1ccccc1)N1CCCCC1=O. The third-order valence-corrected chi connectivity index (χ3v) is 4.94. The monoisotopic (exact) mass is 366 g/mol. The fraction of sp³-hybridized carbons (Fsp3) is 0.364. The zero-order valence-corrected chi connectivity index (χ0v) is 15.5. The van der Waals surface area contributed by atoms with Crippen molar-refractivity contribution >= 4 is 11.9 Å². The van der Waals surface area contributed by atoms with E-state index in [0.29, 0.717) is 19.4 Å². The summed E-state index contributed by atoms with van der Waals surface area (Å²) in [6.07, 6.45) is 2.95. The van der Waals surface area contributed by atoms with Crippen molar-refractivity contribution in [1.82, 2.24) is 4.90 Å². The Labute approximate surface area is 160 Å². The standard InChI is InChI=1S/C22H26N2O3/c23-22(17-19-11-5-2-6-12-19,24-15-8-7-13-20(24)25)21(26)27-16-14-18-9-3-1-4-10-18/h1-6,9-12H,7-8,13-17,23H2/t22-/m0/s1. The number of carbonyl (C=O) groups is 2. The normalized spacial score (nSPS) is 16.6. The van der Waals surface area contributed by atoms with Crippen LogP contribution in [0.3, 0.4) is 0 Å². The van der Waals surface area contributed by atoms with E-state index in [1.165, 1.54) is 4.90 Å². The Morgan fingerprint density at radius 3 is 2.26 bits per heavy atom. The van der Waals surface area contributed by atoms with E-state index in [1.807, 2.05) is 60.7 Å². The Bertz CT molecular complexity index is 764. The molecular weight excluding hydrogens is 340 g/mol. The highest BCUT2D eigenvalue weighted by Crippen LogP contribution is 2.24. The van der Waals surface area contributed by atoms with Crippen molar-refractivity contribution in [3.05, 3.63) is 71.8 Å².